The van der Waals surface area contributed by atoms with Gasteiger partial charge in [-0.15, -0.1) is 0 Å². The molecule has 2 bridgehead atoms. The Kier molecular flexibility index (Phi) is 8.26. The monoisotopic (exact) mass is 553 g/mol. The van der Waals surface area contributed by atoms with Gasteiger partial charge in [0.25, 0.3) is 5.56 Å². The van der Waals surface area contributed by atoms with Crippen molar-refractivity contribution < 1.29 is 37.7 Å². The Labute approximate surface area is 218 Å². The molecule has 208 valence electrons. The van der Waals surface area contributed by atoms with Crippen LogP contribution in [0.3, 0.4) is 0 Å². The number of nitrogens with one attached hydrogen (secondary N) is 2. The van der Waals surface area contributed by atoms with Crippen molar-refractivity contribution >= 4 is 13.7 Å². The van der Waals surface area contributed by atoms with Crippen molar-refractivity contribution in [1.82, 2.24) is 14.6 Å². The molecule has 14 heteroatoms. The van der Waals surface area contributed by atoms with Gasteiger partial charge in [-0.2, -0.15) is 5.09 Å². The molecule has 3 heterocycles. The Hall–Kier alpha value is -2.80. The summed E-state index contributed by atoms with van der Waals surface area (Å²) in [4.78, 5) is 38.8. The Morgan fingerprint density at radius 3 is 2.61 bits per heavy atom. The molecule has 3 N–H and O–H groups in total. The summed E-state index contributed by atoms with van der Waals surface area (Å²) in [6, 6.07) is 8.24. The summed E-state index contributed by atoms with van der Waals surface area (Å²) in [5.41, 5.74) is -2.80. The molecule has 2 fully saturated rings. The summed E-state index contributed by atoms with van der Waals surface area (Å²) < 4.78 is 44.6. The van der Waals surface area contributed by atoms with Crippen LogP contribution >= 0.6 is 7.75 Å². The summed E-state index contributed by atoms with van der Waals surface area (Å²) in [6.07, 6.45) is -2.83. The van der Waals surface area contributed by atoms with Crippen LogP contribution in [0.1, 0.15) is 40.3 Å². The van der Waals surface area contributed by atoms with Gasteiger partial charge in [0.05, 0.1) is 18.8 Å². The van der Waals surface area contributed by atoms with Gasteiger partial charge in [0.2, 0.25) is 0 Å². The van der Waals surface area contributed by atoms with E-state index in [0.717, 1.165) is 10.6 Å². The molecule has 4 rings (SSSR count). The molecule has 2 aromatic rings. The molecule has 38 heavy (non-hydrogen) atoms. The van der Waals surface area contributed by atoms with Crippen molar-refractivity contribution in [3.8, 4) is 5.75 Å². The lowest BCUT2D eigenvalue weighted by atomic mass is 9.87. The summed E-state index contributed by atoms with van der Waals surface area (Å²) in [7, 11) is -4.38. The number of rotatable bonds is 10. The molecule has 0 saturated carbocycles. The first-order chi connectivity index (χ1) is 17.9. The average molecular weight is 554 g/mol. The van der Waals surface area contributed by atoms with Crippen LogP contribution in [-0.2, 0) is 28.1 Å². The van der Waals surface area contributed by atoms with Crippen LogP contribution in [0, 0.1) is 0 Å². The van der Waals surface area contributed by atoms with Gasteiger partial charge in [0.15, 0.2) is 6.23 Å². The number of carbonyl (C=O) groups is 1. The highest BCUT2D eigenvalue weighted by Crippen LogP contribution is 2.55. The van der Waals surface area contributed by atoms with Gasteiger partial charge in [0.1, 0.15) is 29.6 Å². The number of fused-ring (bicyclic) bond motifs is 2. The van der Waals surface area contributed by atoms with E-state index in [1.54, 1.807) is 51.1 Å². The minimum Gasteiger partial charge on any atom is -0.462 e. The number of aromatic amines is 1. The van der Waals surface area contributed by atoms with Crippen LogP contribution in [0.5, 0.6) is 5.75 Å². The van der Waals surface area contributed by atoms with E-state index in [1.165, 1.54) is 13.1 Å². The van der Waals surface area contributed by atoms with E-state index in [0.29, 0.717) is 0 Å². The molecule has 13 nitrogen and oxygen atoms in total. The first-order valence-electron chi connectivity index (χ1n) is 12.2. The third-order valence-electron chi connectivity index (χ3n) is 6.15. The lowest BCUT2D eigenvalue weighted by Gasteiger charge is -2.41. The normalized spacial score (nSPS) is 29.0. The zero-order chi connectivity index (χ0) is 27.7. The van der Waals surface area contributed by atoms with Gasteiger partial charge in [-0.25, -0.2) is 9.36 Å². The van der Waals surface area contributed by atoms with E-state index in [-0.39, 0.29) is 12.2 Å². The Balaban J connectivity index is 1.70. The second kappa shape index (κ2) is 11.1. The molecule has 0 radical (unpaired) electrons. The fourth-order valence-corrected chi connectivity index (χ4v) is 6.34. The third-order valence-corrected chi connectivity index (χ3v) is 7.81. The summed E-state index contributed by atoms with van der Waals surface area (Å²) in [5.74, 6) is -0.486. The highest BCUT2D eigenvalue weighted by atomic mass is 31.2. The molecule has 0 amide bonds. The molecule has 7 atom stereocenters. The van der Waals surface area contributed by atoms with Gasteiger partial charge in [-0.1, -0.05) is 18.2 Å². The van der Waals surface area contributed by atoms with Crippen LogP contribution in [0.15, 0.2) is 52.2 Å². The first-order valence-corrected chi connectivity index (χ1v) is 13.8. The topological polar surface area (TPSA) is 167 Å². The van der Waals surface area contributed by atoms with Crippen LogP contribution in [-0.4, -0.2) is 63.3 Å². The number of esters is 1. The van der Waals surface area contributed by atoms with Gasteiger partial charge >= 0.3 is 19.4 Å². The van der Waals surface area contributed by atoms with Crippen molar-refractivity contribution in [2.45, 2.75) is 76.4 Å². The summed E-state index contributed by atoms with van der Waals surface area (Å²) in [5, 5.41) is 13.1. The number of ether oxygens (including phenoxy) is 3. The van der Waals surface area contributed by atoms with Crippen molar-refractivity contribution in [2.75, 3.05) is 6.61 Å². The molecular weight excluding hydrogens is 521 g/mol. The van der Waals surface area contributed by atoms with Gasteiger partial charge in [-0.3, -0.25) is 23.7 Å². The minimum absolute atomic E-state index is 0.134. The molecule has 2 saturated heterocycles. The number of H-pyrrole nitrogens is 1. The highest BCUT2D eigenvalue weighted by molar-refractivity contribution is 7.52. The number of aliphatic hydroxyl groups is 1. The maximum absolute atomic E-state index is 14.2. The second-order valence-corrected chi connectivity index (χ2v) is 11.3. The van der Waals surface area contributed by atoms with Gasteiger partial charge in [-0.05, 0) is 39.8 Å². The van der Waals surface area contributed by atoms with Gasteiger partial charge in [0, 0.05) is 18.7 Å². The highest BCUT2D eigenvalue weighted by Gasteiger charge is 2.63. The molecule has 1 aromatic carbocycles. The predicted molar refractivity (Wildman–Crippen MR) is 134 cm³/mol. The number of nitrogens with zero attached hydrogens (tertiary/aromatic N) is 1. The first kappa shape index (κ1) is 28.2. The zero-order valence-electron chi connectivity index (χ0n) is 21.4. The molecule has 0 unspecified atom stereocenters. The number of benzene rings is 1. The number of hydrogen-bond acceptors (Lipinski definition) is 10. The van der Waals surface area contributed by atoms with E-state index < -0.39 is 73.9 Å². The predicted octanol–water partition coefficient (Wildman–Crippen LogP) is 1.48. The molecule has 2 aliphatic rings. The maximum atomic E-state index is 14.2. The van der Waals surface area contributed by atoms with E-state index in [1.807, 2.05) is 0 Å². The van der Waals surface area contributed by atoms with Crippen LogP contribution < -0.4 is 20.9 Å². The van der Waals surface area contributed by atoms with E-state index in [4.69, 9.17) is 23.3 Å². The fraction of sp³-hybridized carbons (Fsp3) is 0.542. The standard InChI is InChI=1S/C24H32N3O10P/c1-14(2)33-22(30)16(4)26-38(32,36-17-8-6-5-7-9-17)37-20-19-21(27-11-10-18(29)25-23(27)31)35-24(20,13-28)12-15(3)34-19/h5-11,14-16,19-21,28H,12-13H2,1-4H3,(H,26,32)(H,25,29,31)/t15-,16+,19-,20+,21-,24-,38+/m1/s1. The molecule has 1 aromatic heterocycles. The second-order valence-electron chi connectivity index (χ2n) is 9.63. The lowest BCUT2D eigenvalue weighted by molar-refractivity contribution is -0.155. The largest absolute Gasteiger partial charge is 0.462 e. The van der Waals surface area contributed by atoms with E-state index in [2.05, 4.69) is 10.1 Å². The van der Waals surface area contributed by atoms with Crippen LogP contribution in [0.25, 0.3) is 0 Å². The molecular formula is C24H32N3O10P. The van der Waals surface area contributed by atoms with E-state index >= 15 is 0 Å². The minimum atomic E-state index is -4.38. The van der Waals surface area contributed by atoms with Crippen molar-refractivity contribution in [1.29, 1.82) is 0 Å². The fourth-order valence-electron chi connectivity index (χ4n) is 4.59. The Morgan fingerprint density at radius 2 is 1.97 bits per heavy atom. The number of aromatic nitrogens is 2. The van der Waals surface area contributed by atoms with E-state index in [9.17, 15) is 24.1 Å². The SMILES string of the molecule is CC(C)OC(=O)[C@H](C)N[P@](=O)(Oc1ccccc1)O[C@H]1[C@H]2O[C@H](C)C[C@]1(CO)O[C@H]2n1ccc(=O)[nH]c1=O. The average Bonchev–Trinajstić information content (AvgIpc) is 3.01. The lowest BCUT2D eigenvalue weighted by Crippen LogP contribution is -2.55. The Bertz CT molecular complexity index is 1300. The smallest absolute Gasteiger partial charge is 0.459 e. The maximum Gasteiger partial charge on any atom is 0.459 e. The van der Waals surface area contributed by atoms with Crippen LogP contribution in [0.2, 0.25) is 0 Å². The molecule has 0 aliphatic carbocycles. The van der Waals surface area contributed by atoms with Gasteiger partial charge < -0.3 is 23.8 Å². The van der Waals surface area contributed by atoms with Crippen molar-refractivity contribution in [2.24, 2.45) is 0 Å². The quantitative estimate of drug-likeness (QED) is 0.288. The van der Waals surface area contributed by atoms with Crippen molar-refractivity contribution in [3.63, 3.8) is 0 Å². The number of carbonyl (C=O) groups excluding carboxylic acids is 1. The van der Waals surface area contributed by atoms with Crippen molar-refractivity contribution in [3.05, 3.63) is 63.4 Å². The number of aliphatic hydroxyl groups excluding tert-OH is 1. The summed E-state index contributed by atoms with van der Waals surface area (Å²) in [6.45, 7) is 6.01. The van der Waals surface area contributed by atoms with Crippen LogP contribution in [0.4, 0.5) is 0 Å². The Morgan fingerprint density at radius 1 is 1.26 bits per heavy atom. The summed E-state index contributed by atoms with van der Waals surface area (Å²) >= 11 is 0. The number of para-hydroxylation sites is 1. The molecule has 2 aliphatic heterocycles. The third kappa shape index (κ3) is 5.93. The number of hydrogen-bond donors (Lipinski definition) is 3. The molecule has 0 spiro atoms. The zero-order valence-corrected chi connectivity index (χ0v) is 22.3.